The molecule has 104 valence electrons. The monoisotopic (exact) mass is 302 g/mol. The van der Waals surface area contributed by atoms with Gasteiger partial charge in [0.1, 0.15) is 0 Å². The molecule has 2 N–H and O–H groups in total. The molecule has 5 nitrogen and oxygen atoms in total. The molecule has 1 aliphatic heterocycles. The van der Waals surface area contributed by atoms with E-state index >= 15 is 0 Å². The molecule has 0 bridgehead atoms. The van der Waals surface area contributed by atoms with Crippen molar-refractivity contribution in [3.8, 4) is 0 Å². The summed E-state index contributed by atoms with van der Waals surface area (Å²) in [5.74, 6) is -0.0551. The van der Waals surface area contributed by atoms with Gasteiger partial charge in [0.15, 0.2) is 9.84 Å². The van der Waals surface area contributed by atoms with Crippen LogP contribution < -0.4 is 10.6 Å². The number of hydrogen-bond acceptors (Lipinski definition) is 4. The maximum atomic E-state index is 11.8. The van der Waals surface area contributed by atoms with Gasteiger partial charge in [-0.2, -0.15) is 0 Å². The van der Waals surface area contributed by atoms with E-state index in [1.807, 2.05) is 0 Å². The predicted molar refractivity (Wildman–Crippen MR) is 75.1 cm³/mol. The molecule has 0 aliphatic carbocycles. The van der Waals surface area contributed by atoms with Crippen molar-refractivity contribution >= 4 is 33.0 Å². The molecule has 0 saturated carbocycles. The number of carbonyl (C=O) groups is 1. The van der Waals surface area contributed by atoms with Crippen LogP contribution in [0.1, 0.15) is 6.42 Å². The fourth-order valence-electron chi connectivity index (χ4n) is 1.97. The first-order valence-corrected chi connectivity index (χ1v) is 8.14. The lowest BCUT2D eigenvalue weighted by molar-refractivity contribution is -0.116. The Morgan fingerprint density at radius 1 is 1.37 bits per heavy atom. The number of carbonyl (C=O) groups excluding carboxylic acids is 1. The highest BCUT2D eigenvalue weighted by Gasteiger charge is 2.25. The number of sulfone groups is 1. The standard InChI is InChI=1S/C12H15ClN2O3S/c13-9-1-3-10(4-2-9)15-12(16)7-11-8-19(17,18)6-5-14-11/h1-4,11,14H,5-8H2,(H,15,16). The molecule has 0 aromatic heterocycles. The summed E-state index contributed by atoms with van der Waals surface area (Å²) in [6, 6.07) is 6.45. The number of anilines is 1. The van der Waals surface area contributed by atoms with Crippen molar-refractivity contribution in [2.45, 2.75) is 12.5 Å². The molecule has 1 fully saturated rings. The summed E-state index contributed by atoms with van der Waals surface area (Å²) in [5, 5.41) is 6.35. The predicted octanol–water partition coefficient (Wildman–Crippen LogP) is 1.06. The SMILES string of the molecule is O=C(CC1CS(=O)(=O)CCN1)Nc1ccc(Cl)cc1. The zero-order valence-electron chi connectivity index (χ0n) is 10.2. The van der Waals surface area contributed by atoms with Gasteiger partial charge in [-0.1, -0.05) is 11.6 Å². The molecule has 0 spiro atoms. The van der Waals surface area contributed by atoms with E-state index in [1.54, 1.807) is 24.3 Å². The minimum Gasteiger partial charge on any atom is -0.326 e. The first kappa shape index (κ1) is 14.3. The Hall–Kier alpha value is -1.11. The van der Waals surface area contributed by atoms with Gasteiger partial charge in [-0.15, -0.1) is 0 Å². The number of nitrogens with one attached hydrogen (secondary N) is 2. The van der Waals surface area contributed by atoms with Crippen LogP contribution in [-0.4, -0.2) is 38.4 Å². The van der Waals surface area contributed by atoms with Crippen LogP contribution >= 0.6 is 11.6 Å². The van der Waals surface area contributed by atoms with Crippen molar-refractivity contribution < 1.29 is 13.2 Å². The van der Waals surface area contributed by atoms with E-state index in [0.29, 0.717) is 17.3 Å². The Balaban J connectivity index is 1.89. The average molecular weight is 303 g/mol. The van der Waals surface area contributed by atoms with Crippen molar-refractivity contribution in [3.05, 3.63) is 29.3 Å². The van der Waals surface area contributed by atoms with Crippen molar-refractivity contribution in [2.75, 3.05) is 23.4 Å². The molecule has 7 heteroatoms. The molecule has 1 amide bonds. The van der Waals surface area contributed by atoms with Crippen molar-refractivity contribution in [1.82, 2.24) is 5.32 Å². The van der Waals surface area contributed by atoms with E-state index in [4.69, 9.17) is 11.6 Å². The first-order valence-electron chi connectivity index (χ1n) is 5.94. The molecule has 1 saturated heterocycles. The third kappa shape index (κ3) is 4.49. The summed E-state index contributed by atoms with van der Waals surface area (Å²) < 4.78 is 22.9. The number of amides is 1. The van der Waals surface area contributed by atoms with Crippen LogP contribution in [0.5, 0.6) is 0 Å². The quantitative estimate of drug-likeness (QED) is 0.875. The molecule has 1 aromatic rings. The highest BCUT2D eigenvalue weighted by atomic mass is 35.5. The summed E-state index contributed by atoms with van der Waals surface area (Å²) in [5.41, 5.74) is 0.646. The number of hydrogen-bond donors (Lipinski definition) is 2. The summed E-state index contributed by atoms with van der Waals surface area (Å²) >= 11 is 5.75. The van der Waals surface area contributed by atoms with E-state index in [2.05, 4.69) is 10.6 Å². The van der Waals surface area contributed by atoms with E-state index in [-0.39, 0.29) is 29.9 Å². The van der Waals surface area contributed by atoms with Crippen molar-refractivity contribution in [1.29, 1.82) is 0 Å². The Morgan fingerprint density at radius 3 is 2.68 bits per heavy atom. The average Bonchev–Trinajstić information content (AvgIpc) is 2.30. The zero-order chi connectivity index (χ0) is 13.9. The lowest BCUT2D eigenvalue weighted by atomic mass is 10.2. The highest BCUT2D eigenvalue weighted by molar-refractivity contribution is 7.91. The molecular formula is C12H15ClN2O3S. The van der Waals surface area contributed by atoms with Crippen LogP contribution in [0.2, 0.25) is 5.02 Å². The minimum absolute atomic E-state index is 0.0149. The number of halogens is 1. The molecule has 1 heterocycles. The molecule has 2 rings (SSSR count). The van der Waals surface area contributed by atoms with Gasteiger partial charge in [-0.05, 0) is 24.3 Å². The third-order valence-corrected chi connectivity index (χ3v) is 4.85. The van der Waals surface area contributed by atoms with E-state index in [1.165, 1.54) is 0 Å². The molecule has 1 unspecified atom stereocenters. The highest BCUT2D eigenvalue weighted by Crippen LogP contribution is 2.14. The maximum Gasteiger partial charge on any atom is 0.225 e. The van der Waals surface area contributed by atoms with Gasteiger partial charge >= 0.3 is 0 Å². The minimum atomic E-state index is -3.02. The van der Waals surface area contributed by atoms with Crippen LogP contribution in [0, 0.1) is 0 Å². The largest absolute Gasteiger partial charge is 0.326 e. The van der Waals surface area contributed by atoms with Crippen molar-refractivity contribution in [3.63, 3.8) is 0 Å². The second-order valence-corrected chi connectivity index (χ2v) is 7.19. The summed E-state index contributed by atoms with van der Waals surface area (Å²) in [6.07, 6.45) is 0.141. The maximum absolute atomic E-state index is 11.8. The van der Waals surface area contributed by atoms with E-state index < -0.39 is 9.84 Å². The van der Waals surface area contributed by atoms with E-state index in [9.17, 15) is 13.2 Å². The van der Waals surface area contributed by atoms with Gasteiger partial charge in [0.25, 0.3) is 0 Å². The van der Waals surface area contributed by atoms with Gasteiger partial charge in [-0.3, -0.25) is 4.79 Å². The fraction of sp³-hybridized carbons (Fsp3) is 0.417. The first-order chi connectivity index (χ1) is 8.94. The molecular weight excluding hydrogens is 288 g/mol. The van der Waals surface area contributed by atoms with E-state index in [0.717, 1.165) is 0 Å². The molecule has 19 heavy (non-hydrogen) atoms. The van der Waals surface area contributed by atoms with Crippen LogP contribution in [-0.2, 0) is 14.6 Å². The topological polar surface area (TPSA) is 75.3 Å². The smallest absolute Gasteiger partial charge is 0.225 e. The Bertz CT molecular complexity index is 557. The van der Waals surface area contributed by atoms with Gasteiger partial charge in [0.2, 0.25) is 5.91 Å². The van der Waals surface area contributed by atoms with Gasteiger partial charge in [0.05, 0.1) is 11.5 Å². The Labute approximate surface area is 117 Å². The Morgan fingerprint density at radius 2 is 2.05 bits per heavy atom. The summed E-state index contributed by atoms with van der Waals surface area (Å²) in [7, 11) is -3.02. The molecule has 1 aliphatic rings. The lowest BCUT2D eigenvalue weighted by Gasteiger charge is -2.23. The van der Waals surface area contributed by atoms with Gasteiger partial charge in [0, 0.05) is 29.7 Å². The zero-order valence-corrected chi connectivity index (χ0v) is 11.8. The van der Waals surface area contributed by atoms with Gasteiger partial charge < -0.3 is 10.6 Å². The third-order valence-electron chi connectivity index (χ3n) is 2.86. The van der Waals surface area contributed by atoms with Crippen molar-refractivity contribution in [2.24, 2.45) is 0 Å². The summed E-state index contributed by atoms with van der Waals surface area (Å²) in [4.78, 5) is 11.8. The molecule has 0 radical (unpaired) electrons. The lowest BCUT2D eigenvalue weighted by Crippen LogP contribution is -2.46. The van der Waals surface area contributed by atoms with Crippen LogP contribution in [0.4, 0.5) is 5.69 Å². The number of rotatable bonds is 3. The Kier molecular flexibility index (Phi) is 4.44. The van der Waals surface area contributed by atoms with Crippen LogP contribution in [0.25, 0.3) is 0 Å². The van der Waals surface area contributed by atoms with Crippen LogP contribution in [0.15, 0.2) is 24.3 Å². The van der Waals surface area contributed by atoms with Gasteiger partial charge in [-0.25, -0.2) is 8.42 Å². The fourth-order valence-corrected chi connectivity index (χ4v) is 3.54. The second-order valence-electron chi connectivity index (χ2n) is 4.52. The second kappa shape index (κ2) is 5.90. The summed E-state index contributed by atoms with van der Waals surface area (Å²) in [6.45, 7) is 0.404. The normalized spacial score (nSPS) is 21.8. The molecule has 1 atom stereocenters. The molecule has 1 aromatic carbocycles. The number of benzene rings is 1. The van der Waals surface area contributed by atoms with Crippen LogP contribution in [0.3, 0.4) is 0 Å².